The summed E-state index contributed by atoms with van der Waals surface area (Å²) in [5.74, 6) is -0.533. The van der Waals surface area contributed by atoms with Crippen molar-refractivity contribution in [2.45, 2.75) is 0 Å². The summed E-state index contributed by atoms with van der Waals surface area (Å²) in [6, 6.07) is 9.05. The van der Waals surface area contributed by atoms with Crippen molar-refractivity contribution in [3.63, 3.8) is 0 Å². The van der Waals surface area contributed by atoms with Crippen LogP contribution in [-0.2, 0) is 9.63 Å². The van der Waals surface area contributed by atoms with Gasteiger partial charge in [0.25, 0.3) is 11.5 Å². The molecule has 1 aromatic carbocycles. The molecule has 0 saturated carbocycles. The van der Waals surface area contributed by atoms with E-state index in [1.165, 1.54) is 17.6 Å². The number of thiophene rings is 1. The van der Waals surface area contributed by atoms with Crippen LogP contribution < -0.4 is 10.9 Å². The number of nitriles is 1. The van der Waals surface area contributed by atoms with Crippen LogP contribution in [0.15, 0.2) is 39.6 Å². The number of piperazine rings is 1. The van der Waals surface area contributed by atoms with E-state index in [4.69, 9.17) is 10.1 Å². The second-order valence-electron chi connectivity index (χ2n) is 8.27. The van der Waals surface area contributed by atoms with Crippen molar-refractivity contribution in [1.29, 1.82) is 5.26 Å². The maximum Gasteiger partial charge on any atom is 0.270 e. The van der Waals surface area contributed by atoms with Crippen LogP contribution in [0.25, 0.3) is 21.3 Å². The molecule has 0 bridgehead atoms. The van der Waals surface area contributed by atoms with Gasteiger partial charge in [0.1, 0.15) is 16.6 Å². The normalized spacial score (nSPS) is 14.9. The predicted octanol–water partition coefficient (Wildman–Crippen LogP) is 1.55. The van der Waals surface area contributed by atoms with Gasteiger partial charge in [0.2, 0.25) is 0 Å². The SMILES string of the molecule is CN1CCN(CCNC(=O)CON=Cc2ccc(-c3csc4[nH]c(=O)c(C#N)c(O)c34)cc2)CC1. The molecule has 0 unspecified atom stereocenters. The third-order valence-electron chi connectivity index (χ3n) is 5.87. The molecule has 1 amide bonds. The van der Waals surface area contributed by atoms with E-state index in [1.807, 2.05) is 29.6 Å². The summed E-state index contributed by atoms with van der Waals surface area (Å²) in [6.45, 7) is 5.35. The lowest BCUT2D eigenvalue weighted by Gasteiger charge is -2.32. The quantitative estimate of drug-likeness (QED) is 0.319. The number of amides is 1. The Morgan fingerprint density at radius 3 is 2.77 bits per heavy atom. The van der Waals surface area contributed by atoms with E-state index in [9.17, 15) is 14.7 Å². The largest absolute Gasteiger partial charge is 0.506 e. The molecule has 1 fully saturated rings. The zero-order valence-corrected chi connectivity index (χ0v) is 20.1. The highest BCUT2D eigenvalue weighted by atomic mass is 32.1. The van der Waals surface area contributed by atoms with E-state index in [0.717, 1.165) is 43.9 Å². The maximum atomic E-state index is 11.9. The van der Waals surface area contributed by atoms with Crippen molar-refractivity contribution in [1.82, 2.24) is 20.1 Å². The van der Waals surface area contributed by atoms with Gasteiger partial charge in [-0.2, -0.15) is 5.26 Å². The third kappa shape index (κ3) is 5.86. The van der Waals surface area contributed by atoms with Crippen LogP contribution in [0.3, 0.4) is 0 Å². The molecule has 10 nitrogen and oxygen atoms in total. The van der Waals surface area contributed by atoms with Crippen LogP contribution in [-0.4, -0.2) is 84.9 Å². The number of aromatic hydroxyl groups is 1. The smallest absolute Gasteiger partial charge is 0.270 e. The number of nitrogens with one attached hydrogen (secondary N) is 2. The topological polar surface area (TPSA) is 134 Å². The minimum absolute atomic E-state index is 0.156. The molecule has 1 aliphatic rings. The number of likely N-dealkylation sites (N-methyl/N-ethyl adjacent to an activating group) is 1. The van der Waals surface area contributed by atoms with Gasteiger partial charge in [-0.15, -0.1) is 11.3 Å². The van der Waals surface area contributed by atoms with Crippen molar-refractivity contribution in [2.75, 3.05) is 52.9 Å². The second-order valence-corrected chi connectivity index (χ2v) is 9.15. The molecule has 1 aliphatic heterocycles. The van der Waals surface area contributed by atoms with E-state index >= 15 is 0 Å². The molecule has 0 atom stereocenters. The Balaban J connectivity index is 1.28. The predicted molar refractivity (Wildman–Crippen MR) is 135 cm³/mol. The summed E-state index contributed by atoms with van der Waals surface area (Å²) >= 11 is 1.28. The average Bonchev–Trinajstić information content (AvgIpc) is 3.28. The van der Waals surface area contributed by atoms with Crippen molar-refractivity contribution in [2.24, 2.45) is 5.16 Å². The summed E-state index contributed by atoms with van der Waals surface area (Å²) < 4.78 is 0. The van der Waals surface area contributed by atoms with Gasteiger partial charge in [-0.05, 0) is 18.2 Å². The van der Waals surface area contributed by atoms with Crippen molar-refractivity contribution in [3.05, 3.63) is 51.1 Å². The van der Waals surface area contributed by atoms with Gasteiger partial charge in [0.05, 0.1) is 11.6 Å². The molecule has 0 spiro atoms. The molecule has 35 heavy (non-hydrogen) atoms. The van der Waals surface area contributed by atoms with Gasteiger partial charge in [0, 0.05) is 50.2 Å². The maximum absolute atomic E-state index is 11.9. The number of hydrogen-bond acceptors (Lipinski definition) is 9. The second kappa shape index (κ2) is 11.1. The highest BCUT2D eigenvalue weighted by molar-refractivity contribution is 7.17. The van der Waals surface area contributed by atoms with Crippen molar-refractivity contribution < 1.29 is 14.7 Å². The first kappa shape index (κ1) is 24.4. The molecule has 3 aromatic rings. The zero-order valence-electron chi connectivity index (χ0n) is 19.3. The Labute approximate surface area is 206 Å². The fourth-order valence-corrected chi connectivity index (χ4v) is 4.78. The minimum Gasteiger partial charge on any atom is -0.506 e. The molecule has 0 radical (unpaired) electrons. The number of H-pyrrole nitrogens is 1. The molecule has 1 saturated heterocycles. The number of carbonyl (C=O) groups is 1. The van der Waals surface area contributed by atoms with E-state index in [1.54, 1.807) is 6.07 Å². The standard InChI is InChI=1S/C24H26N6O4S/c1-29-8-10-30(11-9-29)7-6-26-20(31)14-34-27-13-16-2-4-17(5-3-16)19-15-35-24-21(19)22(32)18(12-25)23(33)28-24/h2-5,13,15H,6-11,14H2,1H3,(H,26,31)(H2,28,32,33). The molecule has 2 aromatic heterocycles. The molecule has 3 heterocycles. The molecule has 0 aliphatic carbocycles. The lowest BCUT2D eigenvalue weighted by molar-refractivity contribution is -0.125. The van der Waals surface area contributed by atoms with Crippen molar-refractivity contribution in [3.8, 4) is 22.9 Å². The molecule has 4 rings (SSSR count). The van der Waals surface area contributed by atoms with Crippen LogP contribution in [0.5, 0.6) is 5.75 Å². The Morgan fingerprint density at radius 2 is 2.06 bits per heavy atom. The van der Waals surface area contributed by atoms with Gasteiger partial charge in [0.15, 0.2) is 12.2 Å². The Hall–Kier alpha value is -3.72. The number of fused-ring (bicyclic) bond motifs is 1. The number of carbonyl (C=O) groups excluding carboxylic acids is 1. The number of aromatic nitrogens is 1. The number of hydrogen-bond donors (Lipinski definition) is 3. The average molecular weight is 495 g/mol. The molecule has 11 heteroatoms. The summed E-state index contributed by atoms with van der Waals surface area (Å²) in [6.07, 6.45) is 1.51. The number of oxime groups is 1. The van der Waals surface area contributed by atoms with E-state index in [2.05, 4.69) is 32.3 Å². The van der Waals surface area contributed by atoms with Gasteiger partial charge in [-0.3, -0.25) is 14.5 Å². The van der Waals surface area contributed by atoms with E-state index in [-0.39, 0.29) is 23.8 Å². The van der Waals surface area contributed by atoms with Gasteiger partial charge >= 0.3 is 0 Å². The monoisotopic (exact) mass is 494 g/mol. The highest BCUT2D eigenvalue weighted by Gasteiger charge is 2.17. The fraction of sp³-hybridized carbons (Fsp3) is 0.333. The summed E-state index contributed by atoms with van der Waals surface area (Å²) in [7, 11) is 2.11. The van der Waals surface area contributed by atoms with Crippen molar-refractivity contribution >= 4 is 33.7 Å². The lowest BCUT2D eigenvalue weighted by Crippen LogP contribution is -2.47. The molecule has 182 valence electrons. The number of aromatic amines is 1. The first-order chi connectivity index (χ1) is 17.0. The summed E-state index contributed by atoms with van der Waals surface area (Å²) in [4.78, 5) is 36.7. The number of nitrogens with zero attached hydrogens (tertiary/aromatic N) is 4. The first-order valence-electron chi connectivity index (χ1n) is 11.2. The van der Waals surface area contributed by atoms with Crippen LogP contribution >= 0.6 is 11.3 Å². The van der Waals surface area contributed by atoms with E-state index in [0.29, 0.717) is 22.3 Å². The Morgan fingerprint density at radius 1 is 1.31 bits per heavy atom. The zero-order chi connectivity index (χ0) is 24.8. The Bertz CT molecular complexity index is 1320. The van der Waals surface area contributed by atoms with Gasteiger partial charge in [-0.25, -0.2) is 0 Å². The van der Waals surface area contributed by atoms with Gasteiger partial charge < -0.3 is 25.1 Å². The van der Waals surface area contributed by atoms with Crippen LogP contribution in [0, 0.1) is 11.3 Å². The van der Waals surface area contributed by atoms with Crippen LogP contribution in [0.1, 0.15) is 11.1 Å². The minimum atomic E-state index is -0.610. The first-order valence-corrected chi connectivity index (χ1v) is 12.0. The number of rotatable bonds is 8. The van der Waals surface area contributed by atoms with Crippen LogP contribution in [0.2, 0.25) is 0 Å². The molecular formula is C24H26N6O4S. The molecule has 3 N–H and O–H groups in total. The van der Waals surface area contributed by atoms with Crippen LogP contribution in [0.4, 0.5) is 0 Å². The summed E-state index contributed by atoms with van der Waals surface area (Å²) in [5.41, 5.74) is 1.37. The highest BCUT2D eigenvalue weighted by Crippen LogP contribution is 2.38. The number of pyridine rings is 1. The summed E-state index contributed by atoms with van der Waals surface area (Å²) in [5, 5.41) is 28.5. The van der Waals surface area contributed by atoms with Gasteiger partial charge in [-0.1, -0.05) is 29.4 Å². The van der Waals surface area contributed by atoms with E-state index < -0.39 is 5.56 Å². The number of benzene rings is 1. The third-order valence-corrected chi connectivity index (χ3v) is 6.77. The Kier molecular flexibility index (Phi) is 7.77. The lowest BCUT2D eigenvalue weighted by atomic mass is 10.0. The molecular weight excluding hydrogens is 468 g/mol. The fourth-order valence-electron chi connectivity index (χ4n) is 3.82.